The van der Waals surface area contributed by atoms with Gasteiger partial charge in [-0.3, -0.25) is 4.90 Å². The van der Waals surface area contributed by atoms with Crippen LogP contribution in [0.5, 0.6) is 0 Å². The number of likely N-dealkylation sites (tertiary alicyclic amines) is 1. The van der Waals surface area contributed by atoms with E-state index in [-0.39, 0.29) is 0 Å². The minimum Gasteiger partial charge on any atom is -0.327 e. The van der Waals surface area contributed by atoms with Crippen LogP contribution < -0.4 is 5.73 Å². The van der Waals surface area contributed by atoms with Gasteiger partial charge < -0.3 is 5.73 Å². The van der Waals surface area contributed by atoms with Gasteiger partial charge in [-0.15, -0.1) is 0 Å². The summed E-state index contributed by atoms with van der Waals surface area (Å²) in [6.07, 6.45) is 1.07. The average molecular weight is 240 g/mol. The van der Waals surface area contributed by atoms with Gasteiger partial charge in [-0.25, -0.2) is 4.98 Å². The first-order valence-corrected chi connectivity index (χ1v) is 6.12. The van der Waals surface area contributed by atoms with Crippen LogP contribution in [-0.2, 0) is 6.54 Å². The first-order chi connectivity index (χ1) is 7.65. The summed E-state index contributed by atoms with van der Waals surface area (Å²) in [4.78, 5) is 6.70. The molecule has 1 fully saturated rings. The Labute approximate surface area is 102 Å². The fourth-order valence-electron chi connectivity index (χ4n) is 2.16. The zero-order valence-corrected chi connectivity index (χ0v) is 10.3. The van der Waals surface area contributed by atoms with Crippen LogP contribution in [0.1, 0.15) is 19.0 Å². The second-order valence-electron chi connectivity index (χ2n) is 4.62. The van der Waals surface area contributed by atoms with Gasteiger partial charge in [0, 0.05) is 25.7 Å². The third-order valence-corrected chi connectivity index (χ3v) is 3.42. The van der Waals surface area contributed by atoms with Gasteiger partial charge in [-0.05, 0) is 24.5 Å². The highest BCUT2D eigenvalue weighted by Crippen LogP contribution is 2.17. The van der Waals surface area contributed by atoms with Gasteiger partial charge in [0.2, 0.25) is 0 Å². The van der Waals surface area contributed by atoms with Gasteiger partial charge in [-0.2, -0.15) is 0 Å². The summed E-state index contributed by atoms with van der Waals surface area (Å²) >= 11 is 5.86. The predicted octanol–water partition coefficient (Wildman–Crippen LogP) is 1.90. The fraction of sp³-hybridized carbons (Fsp3) is 0.583. The zero-order valence-electron chi connectivity index (χ0n) is 9.56. The molecule has 0 amide bonds. The van der Waals surface area contributed by atoms with Crippen molar-refractivity contribution in [1.29, 1.82) is 0 Å². The Bertz CT molecular complexity index is 356. The van der Waals surface area contributed by atoms with Crippen LogP contribution in [0.3, 0.4) is 0 Å². The first-order valence-electron chi connectivity index (χ1n) is 5.74. The molecule has 88 valence electrons. The molecule has 4 heteroatoms. The Balaban J connectivity index is 1.95. The molecule has 2 atom stereocenters. The Morgan fingerprint density at radius 2 is 2.38 bits per heavy atom. The zero-order chi connectivity index (χ0) is 11.5. The molecule has 1 aromatic heterocycles. The van der Waals surface area contributed by atoms with E-state index in [2.05, 4.69) is 16.8 Å². The molecule has 0 radical (unpaired) electrons. The number of pyridine rings is 1. The second kappa shape index (κ2) is 5.13. The second-order valence-corrected chi connectivity index (χ2v) is 5.00. The molecule has 1 aliphatic heterocycles. The topological polar surface area (TPSA) is 42.2 Å². The van der Waals surface area contributed by atoms with E-state index in [1.54, 1.807) is 6.07 Å². The maximum absolute atomic E-state index is 5.99. The molecule has 0 aromatic carbocycles. The molecule has 1 aromatic rings. The minimum atomic E-state index is 0.351. The Hall–Kier alpha value is -0.640. The molecule has 0 saturated carbocycles. The Morgan fingerprint density at radius 3 is 3.06 bits per heavy atom. The van der Waals surface area contributed by atoms with Crippen molar-refractivity contribution < 1.29 is 0 Å². The van der Waals surface area contributed by atoms with Crippen molar-refractivity contribution in [1.82, 2.24) is 9.88 Å². The number of aromatic nitrogens is 1. The molecule has 2 unspecified atom stereocenters. The molecule has 3 nitrogen and oxygen atoms in total. The molecule has 16 heavy (non-hydrogen) atoms. The molecule has 2 N–H and O–H groups in total. The van der Waals surface area contributed by atoms with E-state index >= 15 is 0 Å². The summed E-state index contributed by atoms with van der Waals surface area (Å²) in [7, 11) is 0. The molecule has 2 rings (SSSR count). The number of hydrogen-bond donors (Lipinski definition) is 1. The van der Waals surface area contributed by atoms with E-state index < -0.39 is 0 Å². The van der Waals surface area contributed by atoms with Crippen LogP contribution in [0.2, 0.25) is 5.15 Å². The lowest BCUT2D eigenvalue weighted by molar-refractivity contribution is 0.156. The van der Waals surface area contributed by atoms with Crippen LogP contribution in [0, 0.1) is 5.92 Å². The SMILES string of the molecule is CC1CN(Cc2cccc(Cl)n2)CCC1N. The number of halogens is 1. The summed E-state index contributed by atoms with van der Waals surface area (Å²) in [5.41, 5.74) is 7.03. The number of nitrogens with two attached hydrogens (primary N) is 1. The molecular formula is C12H18ClN3. The normalized spacial score (nSPS) is 26.9. The van der Waals surface area contributed by atoms with Crippen molar-refractivity contribution >= 4 is 11.6 Å². The third-order valence-electron chi connectivity index (χ3n) is 3.21. The van der Waals surface area contributed by atoms with E-state index in [4.69, 9.17) is 17.3 Å². The van der Waals surface area contributed by atoms with Crippen molar-refractivity contribution in [2.45, 2.75) is 25.9 Å². The quantitative estimate of drug-likeness (QED) is 0.802. The van der Waals surface area contributed by atoms with Gasteiger partial charge >= 0.3 is 0 Å². The Kier molecular flexibility index (Phi) is 3.79. The van der Waals surface area contributed by atoms with E-state index in [0.29, 0.717) is 17.1 Å². The lowest BCUT2D eigenvalue weighted by Crippen LogP contribution is -2.45. The molecule has 1 saturated heterocycles. The summed E-state index contributed by atoms with van der Waals surface area (Å²) < 4.78 is 0. The molecular weight excluding hydrogens is 222 g/mol. The van der Waals surface area contributed by atoms with Crippen molar-refractivity contribution in [3.63, 3.8) is 0 Å². The van der Waals surface area contributed by atoms with Crippen LogP contribution >= 0.6 is 11.6 Å². The lowest BCUT2D eigenvalue weighted by atomic mass is 9.95. The van der Waals surface area contributed by atoms with E-state index in [9.17, 15) is 0 Å². The maximum Gasteiger partial charge on any atom is 0.129 e. The van der Waals surface area contributed by atoms with E-state index in [1.807, 2.05) is 12.1 Å². The number of nitrogens with zero attached hydrogens (tertiary/aromatic N) is 2. The van der Waals surface area contributed by atoms with Crippen molar-refractivity contribution in [3.05, 3.63) is 29.0 Å². The first kappa shape index (κ1) is 11.8. The lowest BCUT2D eigenvalue weighted by Gasteiger charge is -2.34. The van der Waals surface area contributed by atoms with Gasteiger partial charge in [-0.1, -0.05) is 24.6 Å². The van der Waals surface area contributed by atoms with Crippen molar-refractivity contribution in [2.24, 2.45) is 11.7 Å². The fourth-order valence-corrected chi connectivity index (χ4v) is 2.34. The average Bonchev–Trinajstić information content (AvgIpc) is 2.24. The Morgan fingerprint density at radius 1 is 1.56 bits per heavy atom. The summed E-state index contributed by atoms with van der Waals surface area (Å²) in [5, 5.41) is 0.569. The molecule has 1 aliphatic rings. The van der Waals surface area contributed by atoms with Crippen molar-refractivity contribution in [2.75, 3.05) is 13.1 Å². The van der Waals surface area contributed by atoms with Crippen LogP contribution in [0.25, 0.3) is 0 Å². The van der Waals surface area contributed by atoms with Gasteiger partial charge in [0.05, 0.1) is 5.69 Å². The predicted molar refractivity (Wildman–Crippen MR) is 66.3 cm³/mol. The number of hydrogen-bond acceptors (Lipinski definition) is 3. The summed E-state index contributed by atoms with van der Waals surface area (Å²) in [6.45, 7) is 5.19. The van der Waals surface area contributed by atoms with E-state index in [0.717, 1.165) is 31.7 Å². The highest BCUT2D eigenvalue weighted by Gasteiger charge is 2.23. The standard InChI is InChI=1S/C12H18ClN3/c1-9-7-16(6-5-11(9)14)8-10-3-2-4-12(13)15-10/h2-4,9,11H,5-8,14H2,1H3. The van der Waals surface area contributed by atoms with Gasteiger partial charge in [0.15, 0.2) is 0 Å². The highest BCUT2D eigenvalue weighted by molar-refractivity contribution is 6.29. The van der Waals surface area contributed by atoms with E-state index in [1.165, 1.54) is 0 Å². The molecule has 0 aliphatic carbocycles. The van der Waals surface area contributed by atoms with Gasteiger partial charge in [0.1, 0.15) is 5.15 Å². The molecule has 2 heterocycles. The smallest absolute Gasteiger partial charge is 0.129 e. The number of rotatable bonds is 2. The maximum atomic E-state index is 5.99. The highest BCUT2D eigenvalue weighted by atomic mass is 35.5. The monoisotopic (exact) mass is 239 g/mol. The van der Waals surface area contributed by atoms with Crippen LogP contribution in [0.15, 0.2) is 18.2 Å². The number of piperidine rings is 1. The largest absolute Gasteiger partial charge is 0.327 e. The van der Waals surface area contributed by atoms with Crippen LogP contribution in [-0.4, -0.2) is 29.0 Å². The third kappa shape index (κ3) is 2.94. The minimum absolute atomic E-state index is 0.351. The van der Waals surface area contributed by atoms with Crippen LogP contribution in [0.4, 0.5) is 0 Å². The van der Waals surface area contributed by atoms with Gasteiger partial charge in [0.25, 0.3) is 0 Å². The summed E-state index contributed by atoms with van der Waals surface area (Å²) in [5.74, 6) is 0.563. The molecule has 0 spiro atoms. The summed E-state index contributed by atoms with van der Waals surface area (Å²) in [6, 6.07) is 6.12. The molecule has 0 bridgehead atoms. The van der Waals surface area contributed by atoms with Crippen molar-refractivity contribution in [3.8, 4) is 0 Å².